The van der Waals surface area contributed by atoms with Gasteiger partial charge in [0.05, 0.1) is 21.6 Å². The highest BCUT2D eigenvalue weighted by Gasteiger charge is 2.26. The van der Waals surface area contributed by atoms with Crippen LogP contribution >= 0.6 is 34.9 Å². The fraction of sp³-hybridized carbons (Fsp3) is 0.0435. The van der Waals surface area contributed by atoms with Crippen LogP contribution in [0.5, 0.6) is 0 Å². The van der Waals surface area contributed by atoms with Gasteiger partial charge >= 0.3 is 0 Å². The summed E-state index contributed by atoms with van der Waals surface area (Å²) < 4.78 is 4.06. The Kier molecular flexibility index (Phi) is 5.84. The maximum atomic E-state index is 4.80. The molecule has 0 atom stereocenters. The molecule has 1 aromatic heterocycles. The first-order chi connectivity index (χ1) is 15.3. The van der Waals surface area contributed by atoms with E-state index in [1.54, 1.807) is 11.3 Å². The third-order valence-electron chi connectivity index (χ3n) is 4.46. The van der Waals surface area contributed by atoms with E-state index in [4.69, 9.17) is 9.98 Å². The Balaban J connectivity index is 1.52. The third-order valence-corrected chi connectivity index (χ3v) is 7.66. The van der Waals surface area contributed by atoms with Crippen LogP contribution in [-0.4, -0.2) is 19.0 Å². The van der Waals surface area contributed by atoms with Crippen LogP contribution in [0.1, 0.15) is 0 Å². The molecule has 8 heteroatoms. The van der Waals surface area contributed by atoms with Crippen molar-refractivity contribution in [3.8, 4) is 0 Å². The Labute approximate surface area is 192 Å². The number of benzene rings is 3. The van der Waals surface area contributed by atoms with Crippen molar-refractivity contribution in [3.05, 3.63) is 89.7 Å². The number of aliphatic imine (C=N–C) groups is 2. The quantitative estimate of drug-likeness (QED) is 0.335. The van der Waals surface area contributed by atoms with E-state index >= 15 is 0 Å². The zero-order valence-corrected chi connectivity index (χ0v) is 19.0. The standard InChI is InChI=1S/C23H17N5S3/c1-28-18-14-8-9-15-19(18)29-22(28)26-27-23-30-20(24-16-10-4-2-5-11-16)21(31-23)25-17-12-6-3-7-13-17/h2-15H,1H3. The molecule has 5 nitrogen and oxygen atoms in total. The van der Waals surface area contributed by atoms with Crippen LogP contribution in [0.25, 0.3) is 10.2 Å². The molecule has 3 aromatic carbocycles. The highest BCUT2D eigenvalue weighted by molar-refractivity contribution is 8.57. The third kappa shape index (κ3) is 4.56. The Hall–Kier alpha value is -2.94. The Morgan fingerprint density at radius 3 is 1.77 bits per heavy atom. The molecule has 1 fully saturated rings. The maximum Gasteiger partial charge on any atom is 0.211 e. The van der Waals surface area contributed by atoms with Crippen LogP contribution in [0, 0.1) is 0 Å². The molecule has 1 aliphatic heterocycles. The van der Waals surface area contributed by atoms with E-state index in [0.29, 0.717) is 0 Å². The highest BCUT2D eigenvalue weighted by atomic mass is 32.2. The van der Waals surface area contributed by atoms with Crippen molar-refractivity contribution < 1.29 is 0 Å². The van der Waals surface area contributed by atoms with Gasteiger partial charge in [-0.2, -0.15) is 0 Å². The van der Waals surface area contributed by atoms with Gasteiger partial charge in [-0.25, -0.2) is 9.98 Å². The monoisotopic (exact) mass is 459 g/mol. The number of para-hydroxylation sites is 3. The van der Waals surface area contributed by atoms with Gasteiger partial charge in [-0.05, 0) is 59.9 Å². The van der Waals surface area contributed by atoms with Crippen LogP contribution in [0.3, 0.4) is 0 Å². The average Bonchev–Trinajstić information content (AvgIpc) is 3.34. The zero-order valence-electron chi connectivity index (χ0n) is 16.5. The summed E-state index contributed by atoms with van der Waals surface area (Å²) in [5.74, 6) is 0. The summed E-state index contributed by atoms with van der Waals surface area (Å²) in [6.07, 6.45) is 0. The summed E-state index contributed by atoms with van der Waals surface area (Å²) in [5, 5.41) is 10.7. The van der Waals surface area contributed by atoms with E-state index in [1.807, 2.05) is 79.8 Å². The lowest BCUT2D eigenvalue weighted by molar-refractivity contribution is 0.890. The van der Waals surface area contributed by atoms with Gasteiger partial charge in [0.15, 0.2) is 4.38 Å². The van der Waals surface area contributed by atoms with Gasteiger partial charge < -0.3 is 4.57 Å². The molecule has 0 saturated carbocycles. The lowest BCUT2D eigenvalue weighted by atomic mass is 10.3. The number of nitrogens with zero attached hydrogens (tertiary/aromatic N) is 5. The minimum Gasteiger partial charge on any atom is -0.318 e. The van der Waals surface area contributed by atoms with E-state index in [2.05, 4.69) is 26.9 Å². The molecule has 0 N–H and O–H groups in total. The van der Waals surface area contributed by atoms with E-state index in [-0.39, 0.29) is 0 Å². The zero-order chi connectivity index (χ0) is 21.0. The summed E-state index contributed by atoms with van der Waals surface area (Å²) in [5.41, 5.74) is 2.93. The summed E-state index contributed by atoms with van der Waals surface area (Å²) in [6, 6.07) is 28.1. The summed E-state index contributed by atoms with van der Waals surface area (Å²) in [7, 11) is 2.01. The molecule has 4 aromatic rings. The molecule has 0 spiro atoms. The Morgan fingerprint density at radius 1 is 0.645 bits per heavy atom. The summed E-state index contributed by atoms with van der Waals surface area (Å²) in [4.78, 5) is 10.4. The van der Waals surface area contributed by atoms with Gasteiger partial charge in [0.2, 0.25) is 4.80 Å². The molecule has 0 aliphatic carbocycles. The second kappa shape index (κ2) is 9.05. The first kappa shape index (κ1) is 20.0. The molecule has 1 saturated heterocycles. The lowest BCUT2D eigenvalue weighted by Gasteiger charge is -1.98. The molecule has 5 rings (SSSR count). The van der Waals surface area contributed by atoms with Crippen LogP contribution in [-0.2, 0) is 7.05 Å². The molecule has 152 valence electrons. The molecule has 0 amide bonds. The molecule has 0 bridgehead atoms. The normalized spacial score (nSPS) is 17.2. The Bertz CT molecular complexity index is 1320. The minimum absolute atomic E-state index is 0.807. The highest BCUT2D eigenvalue weighted by Crippen LogP contribution is 2.35. The SMILES string of the molecule is Cn1c(=NN=C2SC(=Nc3ccccc3)C(=Nc3ccccc3)S2)sc2ccccc21. The second-order valence-corrected chi connectivity index (χ2v) is 9.81. The van der Waals surface area contributed by atoms with Crippen molar-refractivity contribution in [3.63, 3.8) is 0 Å². The number of hydrogen-bond acceptors (Lipinski definition) is 7. The molecule has 1 aliphatic rings. The van der Waals surface area contributed by atoms with E-state index in [9.17, 15) is 0 Å². The van der Waals surface area contributed by atoms with Gasteiger partial charge in [0.1, 0.15) is 10.1 Å². The predicted octanol–water partition coefficient (Wildman–Crippen LogP) is 6.35. The van der Waals surface area contributed by atoms with Gasteiger partial charge in [-0.1, -0.05) is 59.9 Å². The molecule has 2 heterocycles. The molecule has 0 unspecified atom stereocenters. The fourth-order valence-electron chi connectivity index (χ4n) is 2.96. The van der Waals surface area contributed by atoms with E-state index < -0.39 is 0 Å². The number of aromatic nitrogens is 1. The van der Waals surface area contributed by atoms with Gasteiger partial charge in [0.25, 0.3) is 0 Å². The van der Waals surface area contributed by atoms with Gasteiger partial charge in [-0.3, -0.25) is 0 Å². The first-order valence-corrected chi connectivity index (χ1v) is 12.0. The molecular weight excluding hydrogens is 442 g/mol. The summed E-state index contributed by atoms with van der Waals surface area (Å²) in [6.45, 7) is 0. The fourth-order valence-corrected chi connectivity index (χ4v) is 5.88. The summed E-state index contributed by atoms with van der Waals surface area (Å²) >= 11 is 4.62. The van der Waals surface area contributed by atoms with Crippen LogP contribution in [0.15, 0.2) is 105 Å². The van der Waals surface area contributed by atoms with Crippen molar-refractivity contribution in [1.82, 2.24) is 4.57 Å². The lowest BCUT2D eigenvalue weighted by Crippen LogP contribution is -2.09. The number of fused-ring (bicyclic) bond motifs is 1. The van der Waals surface area contributed by atoms with Crippen LogP contribution in [0.4, 0.5) is 11.4 Å². The smallest absolute Gasteiger partial charge is 0.211 e. The maximum absolute atomic E-state index is 4.80. The predicted molar refractivity (Wildman–Crippen MR) is 136 cm³/mol. The number of hydrogen-bond donors (Lipinski definition) is 0. The van der Waals surface area contributed by atoms with Gasteiger partial charge in [0, 0.05) is 7.05 Å². The van der Waals surface area contributed by atoms with Gasteiger partial charge in [-0.15, -0.1) is 10.2 Å². The Morgan fingerprint density at radius 2 is 1.19 bits per heavy atom. The average molecular weight is 460 g/mol. The molecular formula is C23H17N5S3. The van der Waals surface area contributed by atoms with Crippen molar-refractivity contribution in [1.29, 1.82) is 0 Å². The number of thioether (sulfide) groups is 2. The van der Waals surface area contributed by atoms with E-state index in [1.165, 1.54) is 28.2 Å². The number of thiazole rings is 1. The first-order valence-electron chi connectivity index (χ1n) is 9.56. The van der Waals surface area contributed by atoms with E-state index in [0.717, 1.165) is 36.2 Å². The van der Waals surface area contributed by atoms with Crippen LogP contribution < -0.4 is 4.80 Å². The number of aryl methyl sites for hydroxylation is 1. The van der Waals surface area contributed by atoms with Crippen molar-refractivity contribution in [2.45, 2.75) is 0 Å². The molecule has 31 heavy (non-hydrogen) atoms. The minimum atomic E-state index is 0.807. The van der Waals surface area contributed by atoms with Crippen molar-refractivity contribution in [2.24, 2.45) is 27.2 Å². The second-order valence-electron chi connectivity index (χ2n) is 6.59. The topological polar surface area (TPSA) is 54.4 Å². The molecule has 0 radical (unpaired) electrons. The number of rotatable bonds is 3. The van der Waals surface area contributed by atoms with Crippen molar-refractivity contribution in [2.75, 3.05) is 0 Å². The van der Waals surface area contributed by atoms with Crippen LogP contribution in [0.2, 0.25) is 0 Å². The largest absolute Gasteiger partial charge is 0.318 e. The van der Waals surface area contributed by atoms with Crippen molar-refractivity contribution >= 4 is 70.9 Å².